The van der Waals surface area contributed by atoms with Gasteiger partial charge in [-0.05, 0) is 33.5 Å². The number of nitrogens with one attached hydrogen (secondary N) is 2. The Hall–Kier alpha value is -0.640. The lowest BCUT2D eigenvalue weighted by atomic mass is 9.87. The summed E-state index contributed by atoms with van der Waals surface area (Å²) in [4.78, 5) is 10.8. The third-order valence-corrected chi connectivity index (χ3v) is 6.17. The molecule has 0 bridgehead atoms. The van der Waals surface area contributed by atoms with Crippen molar-refractivity contribution in [3.05, 3.63) is 15.9 Å². The van der Waals surface area contributed by atoms with Crippen molar-refractivity contribution in [2.45, 2.75) is 31.0 Å². The molecule has 3 N–H and O–H groups in total. The molecule has 0 saturated heterocycles. The fraction of sp³-hybridized carbons (Fsp3) is 0.545. The number of sulfonamides is 1. The van der Waals surface area contributed by atoms with Crippen LogP contribution < -0.4 is 10.0 Å². The molecule has 6 nitrogen and oxygen atoms in total. The molecule has 0 spiro atoms. The van der Waals surface area contributed by atoms with Gasteiger partial charge in [-0.1, -0.05) is 20.8 Å². The minimum Gasteiger partial charge on any atom is -0.465 e. The Morgan fingerprint density at radius 1 is 1.45 bits per heavy atom. The fourth-order valence-corrected chi connectivity index (χ4v) is 4.53. The molecule has 9 heteroatoms. The van der Waals surface area contributed by atoms with Crippen molar-refractivity contribution < 1.29 is 18.3 Å². The van der Waals surface area contributed by atoms with E-state index in [1.54, 1.807) is 6.07 Å². The highest BCUT2D eigenvalue weighted by Crippen LogP contribution is 2.26. The molecular weight excluding hydrogens is 368 g/mol. The quantitative estimate of drug-likeness (QED) is 0.726. The number of hydrogen-bond donors (Lipinski definition) is 3. The van der Waals surface area contributed by atoms with Crippen molar-refractivity contribution in [1.29, 1.82) is 0 Å². The maximum absolute atomic E-state index is 12.1. The molecule has 114 valence electrons. The maximum Gasteiger partial charge on any atom is 0.404 e. The molecule has 0 aliphatic heterocycles. The first-order chi connectivity index (χ1) is 9.02. The van der Waals surface area contributed by atoms with Gasteiger partial charge in [0.2, 0.25) is 10.0 Å². The monoisotopic (exact) mass is 384 g/mol. The van der Waals surface area contributed by atoms with Gasteiger partial charge in [-0.3, -0.25) is 0 Å². The topological polar surface area (TPSA) is 95.5 Å². The van der Waals surface area contributed by atoms with E-state index in [0.29, 0.717) is 3.79 Å². The molecule has 0 fully saturated rings. The van der Waals surface area contributed by atoms with Crippen molar-refractivity contribution in [1.82, 2.24) is 10.0 Å². The molecule has 1 heterocycles. The number of halogens is 1. The van der Waals surface area contributed by atoms with Gasteiger partial charge in [0.15, 0.2) is 0 Å². The Labute approximate surface area is 130 Å². The molecule has 20 heavy (non-hydrogen) atoms. The third-order valence-electron chi connectivity index (χ3n) is 2.63. The summed E-state index contributed by atoms with van der Waals surface area (Å²) in [6, 6.07) is 2.61. The lowest BCUT2D eigenvalue weighted by Crippen LogP contribution is -2.50. The highest BCUT2D eigenvalue weighted by atomic mass is 79.9. The molecule has 0 aliphatic rings. The van der Waals surface area contributed by atoms with Crippen LogP contribution in [0.15, 0.2) is 20.1 Å². The lowest BCUT2D eigenvalue weighted by molar-refractivity contribution is 0.175. The number of rotatable bonds is 5. The Bertz CT molecular complexity index is 577. The average molecular weight is 385 g/mol. The number of amides is 1. The second kappa shape index (κ2) is 6.42. The molecule has 0 aliphatic carbocycles. The predicted molar refractivity (Wildman–Crippen MR) is 81.6 cm³/mol. The zero-order chi connectivity index (χ0) is 15.6. The molecule has 1 atom stereocenters. The summed E-state index contributed by atoms with van der Waals surface area (Å²) in [5, 5.41) is 11.1. The standard InChI is InChI=1S/C11H17BrN2O4S2/c1-11(2,3)7(14-10(15)16)6-13-20(17,18)9-5-4-8(12)19-9/h4-5,7,13-14H,6H2,1-3H3,(H,15,16). The van der Waals surface area contributed by atoms with Gasteiger partial charge in [-0.25, -0.2) is 17.9 Å². The Kier molecular flexibility index (Phi) is 5.59. The summed E-state index contributed by atoms with van der Waals surface area (Å²) in [5.41, 5.74) is -0.406. The van der Waals surface area contributed by atoms with E-state index in [4.69, 9.17) is 5.11 Å². The van der Waals surface area contributed by atoms with E-state index in [-0.39, 0.29) is 10.8 Å². The highest BCUT2D eigenvalue weighted by Gasteiger charge is 2.28. The van der Waals surface area contributed by atoms with Crippen LogP contribution in [-0.4, -0.2) is 32.2 Å². The SMILES string of the molecule is CC(C)(C)C(CNS(=O)(=O)c1ccc(Br)s1)NC(=O)O. The molecule has 1 aromatic rings. The molecule has 1 aromatic heterocycles. The van der Waals surface area contributed by atoms with E-state index in [1.165, 1.54) is 6.07 Å². The molecular formula is C11H17BrN2O4S2. The van der Waals surface area contributed by atoms with Crippen molar-refractivity contribution in [2.24, 2.45) is 5.41 Å². The van der Waals surface area contributed by atoms with Crippen LogP contribution in [-0.2, 0) is 10.0 Å². The molecule has 0 aromatic carbocycles. The Morgan fingerprint density at radius 2 is 2.05 bits per heavy atom. The van der Waals surface area contributed by atoms with Gasteiger partial charge in [0.1, 0.15) is 4.21 Å². The maximum atomic E-state index is 12.1. The van der Waals surface area contributed by atoms with E-state index in [2.05, 4.69) is 26.0 Å². The van der Waals surface area contributed by atoms with E-state index in [0.717, 1.165) is 11.3 Å². The van der Waals surface area contributed by atoms with Crippen molar-refractivity contribution in [3.63, 3.8) is 0 Å². The second-order valence-corrected chi connectivity index (χ2v) is 9.74. The normalized spacial score (nSPS) is 14.0. The van der Waals surface area contributed by atoms with Crippen molar-refractivity contribution in [3.8, 4) is 0 Å². The minimum absolute atomic E-state index is 0.00630. The highest BCUT2D eigenvalue weighted by molar-refractivity contribution is 9.11. The summed E-state index contributed by atoms with van der Waals surface area (Å²) in [6.45, 7) is 5.50. The first-order valence-corrected chi connectivity index (χ1v) is 8.86. The van der Waals surface area contributed by atoms with Crippen molar-refractivity contribution in [2.75, 3.05) is 6.54 Å². The van der Waals surface area contributed by atoms with Gasteiger partial charge < -0.3 is 10.4 Å². The molecule has 0 saturated carbocycles. The number of thiophene rings is 1. The van der Waals surface area contributed by atoms with Gasteiger partial charge in [-0.15, -0.1) is 11.3 Å². The largest absolute Gasteiger partial charge is 0.465 e. The zero-order valence-electron chi connectivity index (χ0n) is 11.3. The van der Waals surface area contributed by atoms with Gasteiger partial charge in [-0.2, -0.15) is 0 Å². The summed E-state index contributed by atoms with van der Waals surface area (Å²) >= 11 is 4.30. The van der Waals surface area contributed by atoms with Gasteiger partial charge >= 0.3 is 6.09 Å². The van der Waals surface area contributed by atoms with Gasteiger partial charge in [0, 0.05) is 6.54 Å². The van der Waals surface area contributed by atoms with E-state index < -0.39 is 27.6 Å². The fourth-order valence-electron chi connectivity index (χ4n) is 1.43. The first kappa shape index (κ1) is 17.4. The van der Waals surface area contributed by atoms with Crippen LogP contribution in [0.1, 0.15) is 20.8 Å². The smallest absolute Gasteiger partial charge is 0.404 e. The Balaban J connectivity index is 2.79. The van der Waals surface area contributed by atoms with Crippen LogP contribution in [0.4, 0.5) is 4.79 Å². The predicted octanol–water partition coefficient (Wildman–Crippen LogP) is 2.47. The summed E-state index contributed by atoms with van der Waals surface area (Å²) in [6.07, 6.45) is -1.18. The number of carboxylic acid groups (broad SMARTS) is 1. The van der Waals surface area contributed by atoms with Crippen LogP contribution in [0.3, 0.4) is 0 Å². The molecule has 1 rings (SSSR count). The number of hydrogen-bond acceptors (Lipinski definition) is 4. The van der Waals surface area contributed by atoms with Crippen LogP contribution in [0.2, 0.25) is 0 Å². The van der Waals surface area contributed by atoms with Gasteiger partial charge in [0.05, 0.1) is 9.83 Å². The van der Waals surface area contributed by atoms with Crippen LogP contribution >= 0.6 is 27.3 Å². The number of carbonyl (C=O) groups is 1. The van der Waals surface area contributed by atoms with Gasteiger partial charge in [0.25, 0.3) is 0 Å². The van der Waals surface area contributed by atoms with E-state index in [9.17, 15) is 13.2 Å². The molecule has 1 unspecified atom stereocenters. The summed E-state index contributed by atoms with van der Waals surface area (Å²) in [7, 11) is -3.62. The van der Waals surface area contributed by atoms with Crippen LogP contribution in [0.25, 0.3) is 0 Å². The third kappa shape index (κ3) is 5.04. The average Bonchev–Trinajstić information content (AvgIpc) is 2.70. The Morgan fingerprint density at radius 3 is 2.45 bits per heavy atom. The molecule has 0 radical (unpaired) electrons. The van der Waals surface area contributed by atoms with Crippen LogP contribution in [0.5, 0.6) is 0 Å². The first-order valence-electron chi connectivity index (χ1n) is 5.77. The van der Waals surface area contributed by atoms with E-state index >= 15 is 0 Å². The van der Waals surface area contributed by atoms with Crippen molar-refractivity contribution >= 4 is 43.4 Å². The molecule has 1 amide bonds. The summed E-state index contributed by atoms with van der Waals surface area (Å²) < 4.78 is 27.5. The zero-order valence-corrected chi connectivity index (χ0v) is 14.5. The van der Waals surface area contributed by atoms with E-state index in [1.807, 2.05) is 20.8 Å². The van der Waals surface area contributed by atoms with Crippen LogP contribution in [0, 0.1) is 5.41 Å². The minimum atomic E-state index is -3.62. The lowest BCUT2D eigenvalue weighted by Gasteiger charge is -2.30. The second-order valence-electron chi connectivity index (χ2n) is 5.28. The summed E-state index contributed by atoms with van der Waals surface area (Å²) in [5.74, 6) is 0.